The van der Waals surface area contributed by atoms with Gasteiger partial charge in [0.05, 0.1) is 11.7 Å². The summed E-state index contributed by atoms with van der Waals surface area (Å²) in [4.78, 5) is 25.3. The average Bonchev–Trinajstić information content (AvgIpc) is 2.92. The van der Waals surface area contributed by atoms with Crippen molar-refractivity contribution < 1.29 is 4.79 Å². The molecule has 1 fully saturated rings. The van der Waals surface area contributed by atoms with Gasteiger partial charge in [-0.1, -0.05) is 6.92 Å². The summed E-state index contributed by atoms with van der Waals surface area (Å²) < 4.78 is 1.81. The zero-order valence-corrected chi connectivity index (χ0v) is 14.8. The first-order valence-corrected chi connectivity index (χ1v) is 8.74. The van der Waals surface area contributed by atoms with Crippen LogP contribution in [0.25, 0.3) is 0 Å². The van der Waals surface area contributed by atoms with E-state index in [-0.39, 0.29) is 12.1 Å². The molecule has 0 aromatic carbocycles. The molecule has 2 amide bonds. The van der Waals surface area contributed by atoms with Crippen LogP contribution in [0.3, 0.4) is 0 Å². The molecule has 0 spiro atoms. The van der Waals surface area contributed by atoms with E-state index in [4.69, 9.17) is 0 Å². The van der Waals surface area contributed by atoms with Crippen LogP contribution in [0.2, 0.25) is 0 Å². The minimum atomic E-state index is -0.0307. The molecule has 0 radical (unpaired) electrons. The summed E-state index contributed by atoms with van der Waals surface area (Å²) in [5, 5.41) is 7.33. The van der Waals surface area contributed by atoms with Crippen LogP contribution in [0.4, 0.5) is 10.7 Å². The molecule has 2 aromatic rings. The van der Waals surface area contributed by atoms with Gasteiger partial charge in [-0.2, -0.15) is 5.10 Å². The molecule has 8 nitrogen and oxygen atoms in total. The molecule has 134 valence electrons. The van der Waals surface area contributed by atoms with Crippen molar-refractivity contribution in [2.75, 3.05) is 31.1 Å². The van der Waals surface area contributed by atoms with Gasteiger partial charge in [0.25, 0.3) is 0 Å². The van der Waals surface area contributed by atoms with Crippen molar-refractivity contribution in [2.24, 2.45) is 7.05 Å². The topological polar surface area (TPSA) is 79.2 Å². The van der Waals surface area contributed by atoms with Crippen LogP contribution in [0.1, 0.15) is 31.5 Å². The zero-order valence-electron chi connectivity index (χ0n) is 14.8. The van der Waals surface area contributed by atoms with Gasteiger partial charge in [0.1, 0.15) is 0 Å². The number of rotatable bonds is 4. The number of aryl methyl sites for hydroxylation is 1. The fourth-order valence-corrected chi connectivity index (χ4v) is 3.13. The molecule has 8 heteroatoms. The third kappa shape index (κ3) is 4.07. The van der Waals surface area contributed by atoms with E-state index in [0.29, 0.717) is 6.54 Å². The van der Waals surface area contributed by atoms with E-state index in [2.05, 4.69) is 32.2 Å². The molecular weight excluding hydrogens is 318 g/mol. The monoisotopic (exact) mass is 343 g/mol. The zero-order chi connectivity index (χ0) is 17.6. The van der Waals surface area contributed by atoms with Gasteiger partial charge in [-0.05, 0) is 25.0 Å². The molecule has 0 unspecified atom stereocenters. The van der Waals surface area contributed by atoms with Crippen LogP contribution in [-0.4, -0.2) is 56.9 Å². The Balaban J connectivity index is 1.60. The lowest BCUT2D eigenvalue weighted by molar-refractivity contribution is 0.196. The van der Waals surface area contributed by atoms with Crippen LogP contribution in [0.5, 0.6) is 0 Å². The minimum Gasteiger partial charge on any atom is -0.339 e. The Hall–Kier alpha value is -2.64. The Labute approximate surface area is 147 Å². The number of anilines is 1. The maximum atomic E-state index is 12.7. The second-order valence-electron chi connectivity index (χ2n) is 6.17. The van der Waals surface area contributed by atoms with Crippen molar-refractivity contribution in [3.8, 4) is 0 Å². The predicted molar refractivity (Wildman–Crippen MR) is 95.2 cm³/mol. The molecule has 1 aliphatic heterocycles. The molecular formula is C17H25N7O. The van der Waals surface area contributed by atoms with E-state index < -0.39 is 0 Å². The van der Waals surface area contributed by atoms with Gasteiger partial charge in [0.15, 0.2) is 0 Å². The number of urea groups is 1. The second-order valence-corrected chi connectivity index (χ2v) is 6.17. The molecule has 0 bridgehead atoms. The van der Waals surface area contributed by atoms with Gasteiger partial charge in [0, 0.05) is 51.8 Å². The second kappa shape index (κ2) is 7.96. The average molecular weight is 343 g/mol. The molecule has 3 rings (SSSR count). The molecule has 1 atom stereocenters. The first kappa shape index (κ1) is 17.2. The summed E-state index contributed by atoms with van der Waals surface area (Å²) in [5.74, 6) is 0.728. The number of nitrogens with one attached hydrogen (secondary N) is 1. The molecule has 3 heterocycles. The molecule has 1 N–H and O–H groups in total. The van der Waals surface area contributed by atoms with E-state index in [9.17, 15) is 4.79 Å². The van der Waals surface area contributed by atoms with Gasteiger partial charge in [0.2, 0.25) is 5.95 Å². The van der Waals surface area contributed by atoms with E-state index in [1.54, 1.807) is 18.6 Å². The number of hydrogen-bond donors (Lipinski definition) is 1. The third-order valence-electron chi connectivity index (χ3n) is 4.54. The van der Waals surface area contributed by atoms with Gasteiger partial charge in [-0.3, -0.25) is 4.68 Å². The smallest absolute Gasteiger partial charge is 0.317 e. The molecule has 1 saturated heterocycles. The summed E-state index contributed by atoms with van der Waals surface area (Å²) >= 11 is 0. The summed E-state index contributed by atoms with van der Waals surface area (Å²) in [6, 6.07) is 3.70. The molecule has 1 aliphatic rings. The van der Waals surface area contributed by atoms with Crippen LogP contribution in [-0.2, 0) is 7.05 Å². The number of nitrogens with zero attached hydrogens (tertiary/aromatic N) is 6. The predicted octanol–water partition coefficient (Wildman–Crippen LogP) is 1.58. The lowest BCUT2D eigenvalue weighted by Crippen LogP contribution is -2.43. The lowest BCUT2D eigenvalue weighted by Gasteiger charge is -2.25. The number of carbonyl (C=O) groups excluding carboxylic acids is 1. The number of hydrogen-bond acceptors (Lipinski definition) is 5. The normalized spacial score (nSPS) is 16.4. The maximum Gasteiger partial charge on any atom is 0.317 e. The highest BCUT2D eigenvalue weighted by Gasteiger charge is 2.23. The first-order valence-electron chi connectivity index (χ1n) is 8.74. The van der Waals surface area contributed by atoms with E-state index >= 15 is 0 Å². The van der Waals surface area contributed by atoms with Crippen molar-refractivity contribution in [3.05, 3.63) is 36.4 Å². The van der Waals surface area contributed by atoms with Crippen molar-refractivity contribution in [2.45, 2.75) is 25.8 Å². The van der Waals surface area contributed by atoms with E-state index in [1.807, 2.05) is 28.8 Å². The van der Waals surface area contributed by atoms with E-state index in [1.165, 1.54) is 0 Å². The van der Waals surface area contributed by atoms with E-state index in [0.717, 1.165) is 44.1 Å². The van der Waals surface area contributed by atoms with Crippen LogP contribution < -0.4 is 10.2 Å². The molecule has 0 saturated carbocycles. The van der Waals surface area contributed by atoms with Gasteiger partial charge < -0.3 is 15.1 Å². The lowest BCUT2D eigenvalue weighted by atomic mass is 10.1. The largest absolute Gasteiger partial charge is 0.339 e. The highest BCUT2D eigenvalue weighted by atomic mass is 16.2. The Kier molecular flexibility index (Phi) is 5.47. The van der Waals surface area contributed by atoms with Crippen LogP contribution in [0.15, 0.2) is 30.7 Å². The fourth-order valence-electron chi connectivity index (χ4n) is 3.13. The van der Waals surface area contributed by atoms with Gasteiger partial charge >= 0.3 is 6.03 Å². The number of carbonyl (C=O) groups is 1. The number of amides is 2. The third-order valence-corrected chi connectivity index (χ3v) is 4.54. The van der Waals surface area contributed by atoms with Crippen molar-refractivity contribution in [3.63, 3.8) is 0 Å². The maximum absolute atomic E-state index is 12.7. The molecule has 2 aromatic heterocycles. The quantitative estimate of drug-likeness (QED) is 0.912. The summed E-state index contributed by atoms with van der Waals surface area (Å²) in [5.41, 5.74) is 1.02. The highest BCUT2D eigenvalue weighted by Crippen LogP contribution is 2.16. The summed E-state index contributed by atoms with van der Waals surface area (Å²) in [6.07, 6.45) is 6.97. The standard InChI is InChI=1S/C17H25N7O/c1-3-14(15-6-9-20-22(15)2)21-17(25)24-11-5-10-23(12-13-24)16-18-7-4-8-19-16/h4,6-9,14H,3,5,10-13H2,1-2H3,(H,21,25)/t14-/m1/s1. The number of aromatic nitrogens is 4. The van der Waals surface area contributed by atoms with Crippen molar-refractivity contribution in [1.29, 1.82) is 0 Å². The Morgan fingerprint density at radius 1 is 1.20 bits per heavy atom. The Bertz CT molecular complexity index is 687. The van der Waals surface area contributed by atoms with Crippen molar-refractivity contribution in [1.82, 2.24) is 30.0 Å². The SMILES string of the molecule is CC[C@@H](NC(=O)N1CCCN(c2ncccn2)CC1)c1ccnn1C. The first-order chi connectivity index (χ1) is 12.2. The van der Waals surface area contributed by atoms with Crippen LogP contribution >= 0.6 is 0 Å². The van der Waals surface area contributed by atoms with Crippen LogP contribution in [0, 0.1) is 0 Å². The Morgan fingerprint density at radius 2 is 2.00 bits per heavy atom. The fraction of sp³-hybridized carbons (Fsp3) is 0.529. The van der Waals surface area contributed by atoms with Gasteiger partial charge in [-0.25, -0.2) is 14.8 Å². The molecule has 0 aliphatic carbocycles. The van der Waals surface area contributed by atoms with Gasteiger partial charge in [-0.15, -0.1) is 0 Å². The summed E-state index contributed by atoms with van der Waals surface area (Å²) in [7, 11) is 1.90. The minimum absolute atomic E-state index is 0.0242. The Morgan fingerprint density at radius 3 is 2.68 bits per heavy atom. The summed E-state index contributed by atoms with van der Waals surface area (Å²) in [6.45, 7) is 5.05. The highest BCUT2D eigenvalue weighted by molar-refractivity contribution is 5.74. The van der Waals surface area contributed by atoms with Crippen molar-refractivity contribution >= 4 is 12.0 Å². The molecule has 25 heavy (non-hydrogen) atoms.